The fourth-order valence-corrected chi connectivity index (χ4v) is 7.65. The van der Waals surface area contributed by atoms with Crippen molar-refractivity contribution in [1.29, 1.82) is 0 Å². The summed E-state index contributed by atoms with van der Waals surface area (Å²) in [6.07, 6.45) is 20.3. The van der Waals surface area contributed by atoms with Crippen LogP contribution >= 0.6 is 0 Å². The summed E-state index contributed by atoms with van der Waals surface area (Å²) in [6, 6.07) is 0. The van der Waals surface area contributed by atoms with E-state index in [4.69, 9.17) is 0 Å². The Bertz CT molecular complexity index is 494. The molecule has 3 saturated carbocycles. The number of hydrogen-bond donors (Lipinski definition) is 1. The van der Waals surface area contributed by atoms with Crippen LogP contribution in [0, 0.1) is 35.0 Å². The minimum atomic E-state index is -0.0492. The molecule has 25 heavy (non-hydrogen) atoms. The smallest absolute Gasteiger partial charge is 0.0577 e. The SMILES string of the molecule is CCCCCCC1CCC2C3CC=C4CC(O)CCC4C3CCC12C. The van der Waals surface area contributed by atoms with Crippen LogP contribution < -0.4 is 0 Å². The van der Waals surface area contributed by atoms with E-state index in [1.807, 2.05) is 0 Å². The Labute approximate surface area is 155 Å². The molecule has 1 N–H and O–H groups in total. The lowest BCUT2D eigenvalue weighted by atomic mass is 9.51. The molecule has 0 aromatic rings. The van der Waals surface area contributed by atoms with Gasteiger partial charge in [-0.25, -0.2) is 0 Å². The second kappa shape index (κ2) is 7.37. The molecule has 0 saturated heterocycles. The van der Waals surface area contributed by atoms with E-state index in [2.05, 4.69) is 19.9 Å². The summed E-state index contributed by atoms with van der Waals surface area (Å²) < 4.78 is 0. The third-order valence-corrected chi connectivity index (χ3v) is 9.02. The Morgan fingerprint density at radius 3 is 2.76 bits per heavy atom. The number of hydrogen-bond acceptors (Lipinski definition) is 1. The summed E-state index contributed by atoms with van der Waals surface area (Å²) >= 11 is 0. The van der Waals surface area contributed by atoms with Crippen LogP contribution in [0.1, 0.15) is 97.3 Å². The monoisotopic (exact) mass is 344 g/mol. The van der Waals surface area contributed by atoms with Crippen LogP contribution in [0.2, 0.25) is 0 Å². The van der Waals surface area contributed by atoms with E-state index in [1.54, 1.807) is 5.57 Å². The molecule has 7 unspecified atom stereocenters. The Hall–Kier alpha value is -0.300. The third-order valence-electron chi connectivity index (χ3n) is 9.02. The van der Waals surface area contributed by atoms with Crippen LogP contribution in [0.5, 0.6) is 0 Å². The Balaban J connectivity index is 1.44. The van der Waals surface area contributed by atoms with E-state index < -0.39 is 0 Å². The van der Waals surface area contributed by atoms with Crippen molar-refractivity contribution >= 4 is 0 Å². The molecule has 0 bridgehead atoms. The zero-order valence-electron chi connectivity index (χ0n) is 16.7. The molecule has 1 heteroatoms. The fourth-order valence-electron chi connectivity index (χ4n) is 7.65. The first-order chi connectivity index (χ1) is 12.1. The normalized spacial score (nSPS) is 46.1. The van der Waals surface area contributed by atoms with Gasteiger partial charge in [0.05, 0.1) is 6.10 Å². The molecule has 4 aliphatic carbocycles. The highest BCUT2D eigenvalue weighted by Crippen LogP contribution is 2.64. The lowest BCUT2D eigenvalue weighted by molar-refractivity contribution is -0.0200. The number of aliphatic hydroxyl groups is 1. The zero-order chi connectivity index (χ0) is 17.4. The average molecular weight is 345 g/mol. The average Bonchev–Trinajstić information content (AvgIpc) is 2.95. The van der Waals surface area contributed by atoms with E-state index in [-0.39, 0.29) is 6.10 Å². The number of aliphatic hydroxyl groups excluding tert-OH is 1. The first-order valence-corrected chi connectivity index (χ1v) is 11.5. The van der Waals surface area contributed by atoms with Gasteiger partial charge >= 0.3 is 0 Å². The van der Waals surface area contributed by atoms with Gasteiger partial charge < -0.3 is 5.11 Å². The highest BCUT2D eigenvalue weighted by molar-refractivity contribution is 5.20. The van der Waals surface area contributed by atoms with Crippen LogP contribution in [0.25, 0.3) is 0 Å². The van der Waals surface area contributed by atoms with Crippen LogP contribution in [0.3, 0.4) is 0 Å². The summed E-state index contributed by atoms with van der Waals surface area (Å²) in [5.41, 5.74) is 2.28. The maximum Gasteiger partial charge on any atom is 0.0577 e. The Morgan fingerprint density at radius 1 is 1.04 bits per heavy atom. The first kappa shape index (κ1) is 18.1. The number of unbranched alkanes of at least 4 members (excludes halogenated alkanes) is 3. The summed E-state index contributed by atoms with van der Waals surface area (Å²) in [7, 11) is 0. The lowest BCUT2D eigenvalue weighted by Crippen LogP contribution is -2.46. The summed E-state index contributed by atoms with van der Waals surface area (Å²) in [5.74, 6) is 4.74. The van der Waals surface area contributed by atoms with Crippen molar-refractivity contribution in [2.45, 2.75) is 103 Å². The van der Waals surface area contributed by atoms with Gasteiger partial charge in [-0.05, 0) is 92.8 Å². The maximum atomic E-state index is 10.0. The standard InChI is InChI=1S/C24H40O/c1-3-4-5-6-7-18-9-13-23-22-11-8-17-16-19(25)10-12-20(17)21(22)14-15-24(18,23)2/h8,18-23,25H,3-7,9-16H2,1-2H3. The molecule has 0 amide bonds. The molecular formula is C24H40O. The molecule has 0 aromatic heterocycles. The molecule has 0 spiro atoms. The molecule has 0 heterocycles. The molecular weight excluding hydrogens is 304 g/mol. The molecule has 0 aliphatic heterocycles. The van der Waals surface area contributed by atoms with E-state index >= 15 is 0 Å². The molecule has 0 radical (unpaired) electrons. The van der Waals surface area contributed by atoms with Crippen molar-refractivity contribution in [2.75, 3.05) is 0 Å². The second-order valence-electron chi connectivity index (χ2n) is 10.2. The van der Waals surface area contributed by atoms with Gasteiger partial charge in [0.25, 0.3) is 0 Å². The van der Waals surface area contributed by atoms with E-state index in [1.165, 1.54) is 70.6 Å². The van der Waals surface area contributed by atoms with Gasteiger partial charge in [0.2, 0.25) is 0 Å². The lowest BCUT2D eigenvalue weighted by Gasteiger charge is -2.54. The van der Waals surface area contributed by atoms with Gasteiger partial charge in [0.15, 0.2) is 0 Å². The highest BCUT2D eigenvalue weighted by Gasteiger charge is 2.55. The second-order valence-corrected chi connectivity index (χ2v) is 10.2. The number of rotatable bonds is 5. The minimum absolute atomic E-state index is 0.0492. The molecule has 4 aliphatic rings. The third kappa shape index (κ3) is 3.24. The summed E-state index contributed by atoms with van der Waals surface area (Å²) in [5, 5.41) is 10.0. The molecule has 142 valence electrons. The van der Waals surface area contributed by atoms with Crippen molar-refractivity contribution in [3.05, 3.63) is 11.6 Å². The van der Waals surface area contributed by atoms with Crippen molar-refractivity contribution in [1.82, 2.24) is 0 Å². The van der Waals surface area contributed by atoms with Crippen LogP contribution in [0.4, 0.5) is 0 Å². The van der Waals surface area contributed by atoms with Gasteiger partial charge in [0.1, 0.15) is 0 Å². The van der Waals surface area contributed by atoms with Crippen LogP contribution in [0.15, 0.2) is 11.6 Å². The van der Waals surface area contributed by atoms with Gasteiger partial charge in [-0.1, -0.05) is 51.2 Å². The van der Waals surface area contributed by atoms with Crippen LogP contribution in [-0.2, 0) is 0 Å². The number of allylic oxidation sites excluding steroid dienone is 1. The van der Waals surface area contributed by atoms with Gasteiger partial charge in [-0.2, -0.15) is 0 Å². The van der Waals surface area contributed by atoms with Crippen molar-refractivity contribution in [3.63, 3.8) is 0 Å². The van der Waals surface area contributed by atoms with E-state index in [0.29, 0.717) is 5.41 Å². The Kier molecular flexibility index (Phi) is 5.33. The van der Waals surface area contributed by atoms with Gasteiger partial charge in [-0.15, -0.1) is 0 Å². The van der Waals surface area contributed by atoms with E-state index in [9.17, 15) is 5.11 Å². The molecule has 1 nitrogen and oxygen atoms in total. The predicted octanol–water partition coefficient (Wildman–Crippen LogP) is 6.51. The first-order valence-electron chi connectivity index (χ1n) is 11.5. The molecule has 4 rings (SSSR count). The molecule has 0 aromatic carbocycles. The predicted molar refractivity (Wildman–Crippen MR) is 105 cm³/mol. The maximum absolute atomic E-state index is 10.0. The largest absolute Gasteiger partial charge is 0.393 e. The van der Waals surface area contributed by atoms with Crippen molar-refractivity contribution in [3.8, 4) is 0 Å². The zero-order valence-corrected chi connectivity index (χ0v) is 16.7. The molecule has 7 atom stereocenters. The van der Waals surface area contributed by atoms with Crippen molar-refractivity contribution < 1.29 is 5.11 Å². The van der Waals surface area contributed by atoms with E-state index in [0.717, 1.165) is 42.4 Å². The molecule has 3 fully saturated rings. The summed E-state index contributed by atoms with van der Waals surface area (Å²) in [6.45, 7) is 5.00. The topological polar surface area (TPSA) is 20.2 Å². The van der Waals surface area contributed by atoms with Gasteiger partial charge in [-0.3, -0.25) is 0 Å². The minimum Gasteiger partial charge on any atom is -0.393 e. The fraction of sp³-hybridized carbons (Fsp3) is 0.917. The quantitative estimate of drug-likeness (QED) is 0.445. The number of fused-ring (bicyclic) bond motifs is 5. The van der Waals surface area contributed by atoms with Crippen LogP contribution in [-0.4, -0.2) is 11.2 Å². The Morgan fingerprint density at radius 2 is 1.92 bits per heavy atom. The van der Waals surface area contributed by atoms with Crippen molar-refractivity contribution in [2.24, 2.45) is 35.0 Å². The highest BCUT2D eigenvalue weighted by atomic mass is 16.3. The summed E-state index contributed by atoms with van der Waals surface area (Å²) in [4.78, 5) is 0. The van der Waals surface area contributed by atoms with Gasteiger partial charge in [0, 0.05) is 0 Å².